The lowest BCUT2D eigenvalue weighted by atomic mass is 10.3. The van der Waals surface area contributed by atoms with Gasteiger partial charge in [0.15, 0.2) is 0 Å². The number of ether oxygens (including phenoxy) is 1. The number of methoxy groups -OCH3 is 1. The van der Waals surface area contributed by atoms with Gasteiger partial charge in [-0.15, -0.1) is 0 Å². The Hall–Kier alpha value is -1.35. The molecule has 106 valence electrons. The van der Waals surface area contributed by atoms with Crippen LogP contribution < -0.4 is 10.5 Å². The minimum absolute atomic E-state index is 0.00657. The predicted octanol–water partition coefficient (Wildman–Crippen LogP) is -0.997. The van der Waals surface area contributed by atoms with Gasteiger partial charge < -0.3 is 20.7 Å². The fourth-order valence-corrected chi connectivity index (χ4v) is 3.47. The normalized spacial score (nSPS) is 24.6. The van der Waals surface area contributed by atoms with Crippen molar-refractivity contribution >= 4 is 15.7 Å². The zero-order chi connectivity index (χ0) is 14.2. The minimum atomic E-state index is -3.77. The molecule has 0 aliphatic carbocycles. The lowest BCUT2D eigenvalue weighted by Gasteiger charge is -2.16. The molecule has 0 radical (unpaired) electrons. The van der Waals surface area contributed by atoms with E-state index in [0.29, 0.717) is 5.75 Å². The van der Waals surface area contributed by atoms with Crippen LogP contribution in [-0.4, -0.2) is 55.3 Å². The quantitative estimate of drug-likeness (QED) is 0.615. The molecule has 4 N–H and O–H groups in total. The second-order valence-electron chi connectivity index (χ2n) is 4.36. The van der Waals surface area contributed by atoms with Gasteiger partial charge in [-0.25, -0.2) is 8.42 Å². The van der Waals surface area contributed by atoms with E-state index in [1.54, 1.807) is 0 Å². The van der Waals surface area contributed by atoms with Crippen LogP contribution in [0.1, 0.15) is 0 Å². The first-order chi connectivity index (χ1) is 8.86. The standard InChI is InChI=1S/C11H16N2O5S/c1-18-11-3-2-7(4-8(11)12)19(16,17)13-5-9(14)10(15)6-13/h2-4,9-10,14-15H,5-6,12H2,1H3/t9-,10+. The highest BCUT2D eigenvalue weighted by atomic mass is 32.2. The van der Waals surface area contributed by atoms with Crippen molar-refractivity contribution in [2.45, 2.75) is 17.1 Å². The molecule has 19 heavy (non-hydrogen) atoms. The molecule has 1 aliphatic rings. The fourth-order valence-electron chi connectivity index (χ4n) is 1.95. The highest BCUT2D eigenvalue weighted by Gasteiger charge is 2.37. The van der Waals surface area contributed by atoms with Crippen molar-refractivity contribution in [3.8, 4) is 5.75 Å². The van der Waals surface area contributed by atoms with Gasteiger partial charge in [0.1, 0.15) is 5.75 Å². The smallest absolute Gasteiger partial charge is 0.243 e. The van der Waals surface area contributed by atoms with Gasteiger partial charge in [0.05, 0.1) is 29.9 Å². The van der Waals surface area contributed by atoms with Crippen molar-refractivity contribution in [3.63, 3.8) is 0 Å². The molecule has 1 fully saturated rings. The topological polar surface area (TPSA) is 113 Å². The van der Waals surface area contributed by atoms with E-state index in [0.717, 1.165) is 4.31 Å². The van der Waals surface area contributed by atoms with E-state index < -0.39 is 22.2 Å². The molecule has 2 atom stereocenters. The highest BCUT2D eigenvalue weighted by molar-refractivity contribution is 7.89. The first-order valence-corrected chi connectivity index (χ1v) is 7.10. The summed E-state index contributed by atoms with van der Waals surface area (Å²) >= 11 is 0. The monoisotopic (exact) mass is 288 g/mol. The molecule has 1 aromatic carbocycles. The van der Waals surface area contributed by atoms with Crippen molar-refractivity contribution in [2.24, 2.45) is 0 Å². The summed E-state index contributed by atoms with van der Waals surface area (Å²) in [5, 5.41) is 18.8. The Labute approximate surface area is 111 Å². The van der Waals surface area contributed by atoms with Crippen LogP contribution in [0.3, 0.4) is 0 Å². The minimum Gasteiger partial charge on any atom is -0.495 e. The molecule has 2 rings (SSSR count). The van der Waals surface area contributed by atoms with E-state index >= 15 is 0 Å². The van der Waals surface area contributed by atoms with Gasteiger partial charge in [0.25, 0.3) is 0 Å². The van der Waals surface area contributed by atoms with E-state index in [1.165, 1.54) is 25.3 Å². The van der Waals surface area contributed by atoms with Gasteiger partial charge in [-0.3, -0.25) is 0 Å². The largest absolute Gasteiger partial charge is 0.495 e. The first-order valence-electron chi connectivity index (χ1n) is 5.66. The van der Waals surface area contributed by atoms with E-state index in [1.807, 2.05) is 0 Å². The third-order valence-corrected chi connectivity index (χ3v) is 4.89. The molecular formula is C11H16N2O5S. The number of aliphatic hydroxyl groups excluding tert-OH is 2. The summed E-state index contributed by atoms with van der Waals surface area (Å²) in [7, 11) is -2.34. The summed E-state index contributed by atoms with van der Waals surface area (Å²) in [6.45, 7) is -0.259. The van der Waals surface area contributed by atoms with E-state index in [-0.39, 0.29) is 23.7 Å². The second kappa shape index (κ2) is 4.97. The molecule has 1 heterocycles. The average molecular weight is 288 g/mol. The van der Waals surface area contributed by atoms with Crippen molar-refractivity contribution < 1.29 is 23.4 Å². The SMILES string of the molecule is COc1ccc(S(=O)(=O)N2C[C@@H](O)[C@@H](O)C2)cc1N. The Morgan fingerprint density at radius 1 is 1.32 bits per heavy atom. The summed E-state index contributed by atoms with van der Waals surface area (Å²) in [5.41, 5.74) is 5.89. The molecule has 0 amide bonds. The Morgan fingerprint density at radius 2 is 1.89 bits per heavy atom. The lowest BCUT2D eigenvalue weighted by Crippen LogP contribution is -2.30. The predicted molar refractivity (Wildman–Crippen MR) is 68.2 cm³/mol. The molecule has 0 saturated carbocycles. The summed E-state index contributed by atoms with van der Waals surface area (Å²) in [6, 6.07) is 4.14. The first kappa shape index (κ1) is 14.1. The van der Waals surface area contributed by atoms with Crippen LogP contribution in [-0.2, 0) is 10.0 Å². The Bertz CT molecular complexity index is 564. The number of benzene rings is 1. The van der Waals surface area contributed by atoms with Gasteiger partial charge in [0, 0.05) is 13.1 Å². The third kappa shape index (κ3) is 2.52. The summed E-state index contributed by atoms with van der Waals surface area (Å²) < 4.78 is 30.6. The van der Waals surface area contributed by atoms with Crippen molar-refractivity contribution in [3.05, 3.63) is 18.2 Å². The van der Waals surface area contributed by atoms with Crippen LogP contribution in [0, 0.1) is 0 Å². The number of nitrogens with zero attached hydrogens (tertiary/aromatic N) is 1. The van der Waals surface area contributed by atoms with Crippen LogP contribution in [0.4, 0.5) is 5.69 Å². The van der Waals surface area contributed by atoms with Crippen LogP contribution in [0.5, 0.6) is 5.75 Å². The van der Waals surface area contributed by atoms with Gasteiger partial charge in [-0.05, 0) is 18.2 Å². The Morgan fingerprint density at radius 3 is 2.37 bits per heavy atom. The van der Waals surface area contributed by atoms with Crippen molar-refractivity contribution in [2.75, 3.05) is 25.9 Å². The molecular weight excluding hydrogens is 272 g/mol. The van der Waals surface area contributed by atoms with Crippen molar-refractivity contribution in [1.29, 1.82) is 0 Å². The molecule has 0 aromatic heterocycles. The van der Waals surface area contributed by atoms with Gasteiger partial charge in [-0.2, -0.15) is 4.31 Å². The molecule has 0 spiro atoms. The number of aliphatic hydroxyl groups is 2. The maximum absolute atomic E-state index is 12.3. The lowest BCUT2D eigenvalue weighted by molar-refractivity contribution is 0.0572. The highest BCUT2D eigenvalue weighted by Crippen LogP contribution is 2.27. The molecule has 1 saturated heterocycles. The number of nitrogen functional groups attached to an aromatic ring is 1. The Balaban J connectivity index is 2.33. The Kier molecular flexibility index (Phi) is 3.68. The van der Waals surface area contributed by atoms with Crippen LogP contribution in [0.25, 0.3) is 0 Å². The summed E-state index contributed by atoms with van der Waals surface area (Å²) in [5.74, 6) is 0.389. The molecule has 1 aromatic rings. The van der Waals surface area contributed by atoms with Gasteiger partial charge >= 0.3 is 0 Å². The fraction of sp³-hybridized carbons (Fsp3) is 0.455. The number of rotatable bonds is 3. The third-order valence-electron chi connectivity index (χ3n) is 3.06. The molecule has 0 unspecified atom stereocenters. The number of hydrogen-bond donors (Lipinski definition) is 3. The number of anilines is 1. The molecule has 8 heteroatoms. The molecule has 1 aliphatic heterocycles. The number of nitrogens with two attached hydrogens (primary N) is 1. The van der Waals surface area contributed by atoms with Crippen LogP contribution >= 0.6 is 0 Å². The zero-order valence-corrected chi connectivity index (χ0v) is 11.2. The molecule has 7 nitrogen and oxygen atoms in total. The number of hydrogen-bond acceptors (Lipinski definition) is 6. The van der Waals surface area contributed by atoms with E-state index in [2.05, 4.69) is 0 Å². The van der Waals surface area contributed by atoms with Gasteiger partial charge in [-0.1, -0.05) is 0 Å². The summed E-state index contributed by atoms with van der Waals surface area (Å²) in [6.07, 6.45) is -2.13. The number of β-amino-alcohol motifs (C(OH)–C–C–N with tert-alkyl or cyclic N) is 2. The van der Waals surface area contributed by atoms with Crippen LogP contribution in [0.15, 0.2) is 23.1 Å². The average Bonchev–Trinajstić information content (AvgIpc) is 2.70. The second-order valence-corrected chi connectivity index (χ2v) is 6.30. The maximum Gasteiger partial charge on any atom is 0.243 e. The van der Waals surface area contributed by atoms with Crippen LogP contribution in [0.2, 0.25) is 0 Å². The molecule has 0 bridgehead atoms. The zero-order valence-electron chi connectivity index (χ0n) is 10.4. The van der Waals surface area contributed by atoms with E-state index in [4.69, 9.17) is 10.5 Å². The van der Waals surface area contributed by atoms with Gasteiger partial charge in [0.2, 0.25) is 10.0 Å². The summed E-state index contributed by atoms with van der Waals surface area (Å²) in [4.78, 5) is 0.00657. The van der Waals surface area contributed by atoms with Crippen molar-refractivity contribution in [1.82, 2.24) is 4.31 Å². The number of sulfonamides is 1. The van der Waals surface area contributed by atoms with E-state index in [9.17, 15) is 18.6 Å². The maximum atomic E-state index is 12.3.